The van der Waals surface area contributed by atoms with Crippen LogP contribution in [0.4, 0.5) is 0 Å². The van der Waals surface area contributed by atoms with Crippen molar-refractivity contribution in [3.05, 3.63) is 23.8 Å². The van der Waals surface area contributed by atoms with E-state index in [0.29, 0.717) is 29.6 Å². The van der Waals surface area contributed by atoms with Gasteiger partial charge in [-0.25, -0.2) is 0 Å². The second-order valence-corrected chi connectivity index (χ2v) is 4.35. The number of rotatable bonds is 5. The summed E-state index contributed by atoms with van der Waals surface area (Å²) in [6.45, 7) is 2.18. The quantitative estimate of drug-likeness (QED) is 0.611. The maximum Gasteiger partial charge on any atom is 0.123 e. The Bertz CT molecular complexity index is 428. The molecule has 1 unspecified atom stereocenters. The third kappa shape index (κ3) is 3.13. The van der Waals surface area contributed by atoms with E-state index in [-0.39, 0.29) is 5.84 Å². The van der Waals surface area contributed by atoms with Crippen molar-refractivity contribution in [3.8, 4) is 11.5 Å². The number of hydrogen-bond donors (Lipinski definition) is 2. The molecule has 0 spiro atoms. The van der Waals surface area contributed by atoms with Crippen LogP contribution in [0.5, 0.6) is 11.5 Å². The van der Waals surface area contributed by atoms with E-state index in [9.17, 15) is 0 Å². The van der Waals surface area contributed by atoms with Crippen molar-refractivity contribution in [3.63, 3.8) is 0 Å². The molecule has 0 amide bonds. The minimum absolute atomic E-state index is 0.00273. The van der Waals surface area contributed by atoms with Crippen LogP contribution in [0.1, 0.15) is 12.0 Å². The lowest BCUT2D eigenvalue weighted by Crippen LogP contribution is -2.14. The van der Waals surface area contributed by atoms with Gasteiger partial charge in [-0.1, -0.05) is 0 Å². The molecule has 18 heavy (non-hydrogen) atoms. The van der Waals surface area contributed by atoms with Crippen LogP contribution in [0.15, 0.2) is 18.2 Å². The monoisotopic (exact) mass is 250 g/mol. The highest BCUT2D eigenvalue weighted by Crippen LogP contribution is 2.24. The SMILES string of the molecule is COc1cc(OCC2CCOC2)cc(C(=N)N)c1. The molecule has 2 rings (SSSR count). The third-order valence-corrected chi connectivity index (χ3v) is 2.94. The molecule has 1 aliphatic heterocycles. The van der Waals surface area contributed by atoms with Crippen LogP contribution in [0, 0.1) is 11.3 Å². The summed E-state index contributed by atoms with van der Waals surface area (Å²) in [5.74, 6) is 1.76. The summed E-state index contributed by atoms with van der Waals surface area (Å²) < 4.78 is 16.2. The first-order chi connectivity index (χ1) is 8.69. The van der Waals surface area contributed by atoms with Gasteiger partial charge in [0, 0.05) is 24.2 Å². The number of amidine groups is 1. The molecule has 0 bridgehead atoms. The molecule has 0 saturated carbocycles. The van der Waals surface area contributed by atoms with Gasteiger partial charge in [-0.3, -0.25) is 5.41 Å². The van der Waals surface area contributed by atoms with E-state index >= 15 is 0 Å². The van der Waals surface area contributed by atoms with Gasteiger partial charge in [0.05, 0.1) is 20.3 Å². The van der Waals surface area contributed by atoms with Crippen molar-refractivity contribution in [2.75, 3.05) is 26.9 Å². The largest absolute Gasteiger partial charge is 0.497 e. The van der Waals surface area contributed by atoms with Gasteiger partial charge in [0.2, 0.25) is 0 Å². The fourth-order valence-corrected chi connectivity index (χ4v) is 1.86. The van der Waals surface area contributed by atoms with Gasteiger partial charge in [-0.05, 0) is 18.6 Å². The summed E-state index contributed by atoms with van der Waals surface area (Å²) in [6, 6.07) is 5.26. The predicted molar refractivity (Wildman–Crippen MR) is 68.4 cm³/mol. The van der Waals surface area contributed by atoms with Crippen molar-refractivity contribution in [2.45, 2.75) is 6.42 Å². The van der Waals surface area contributed by atoms with Crippen LogP contribution in [0.2, 0.25) is 0 Å². The van der Waals surface area contributed by atoms with Gasteiger partial charge in [0.25, 0.3) is 0 Å². The standard InChI is InChI=1S/C13H18N2O3/c1-16-11-4-10(13(14)15)5-12(6-11)18-8-9-2-3-17-7-9/h4-6,9H,2-3,7-8H2,1H3,(H3,14,15). The first-order valence-corrected chi connectivity index (χ1v) is 5.93. The van der Waals surface area contributed by atoms with E-state index in [2.05, 4.69) is 0 Å². The molecular formula is C13H18N2O3. The van der Waals surface area contributed by atoms with Crippen molar-refractivity contribution in [1.29, 1.82) is 5.41 Å². The van der Waals surface area contributed by atoms with E-state index in [1.807, 2.05) is 0 Å². The summed E-state index contributed by atoms with van der Waals surface area (Å²) >= 11 is 0. The fourth-order valence-electron chi connectivity index (χ4n) is 1.86. The van der Waals surface area contributed by atoms with Crippen LogP contribution in [0.3, 0.4) is 0 Å². The minimum atomic E-state index is 0.00273. The first-order valence-electron chi connectivity index (χ1n) is 5.93. The number of hydrogen-bond acceptors (Lipinski definition) is 4. The van der Waals surface area contributed by atoms with Crippen molar-refractivity contribution in [2.24, 2.45) is 11.7 Å². The van der Waals surface area contributed by atoms with Crippen LogP contribution in [0.25, 0.3) is 0 Å². The van der Waals surface area contributed by atoms with Crippen LogP contribution >= 0.6 is 0 Å². The Morgan fingerprint density at radius 2 is 2.22 bits per heavy atom. The summed E-state index contributed by atoms with van der Waals surface area (Å²) in [6.07, 6.45) is 1.03. The molecule has 1 aliphatic rings. The van der Waals surface area contributed by atoms with Crippen LogP contribution < -0.4 is 15.2 Å². The molecular weight excluding hydrogens is 232 g/mol. The van der Waals surface area contributed by atoms with Gasteiger partial charge in [-0.2, -0.15) is 0 Å². The number of nitrogen functional groups attached to an aromatic ring is 1. The maximum atomic E-state index is 7.45. The average molecular weight is 250 g/mol. The zero-order valence-electron chi connectivity index (χ0n) is 10.4. The second-order valence-electron chi connectivity index (χ2n) is 4.35. The summed E-state index contributed by atoms with van der Waals surface area (Å²) in [7, 11) is 1.58. The van der Waals surface area contributed by atoms with Crippen molar-refractivity contribution >= 4 is 5.84 Å². The molecule has 0 radical (unpaired) electrons. The molecule has 0 aliphatic carbocycles. The third-order valence-electron chi connectivity index (χ3n) is 2.94. The normalized spacial score (nSPS) is 18.6. The predicted octanol–water partition coefficient (Wildman–Crippen LogP) is 1.39. The zero-order valence-corrected chi connectivity index (χ0v) is 10.4. The number of methoxy groups -OCH3 is 1. The lowest BCUT2D eigenvalue weighted by atomic mass is 10.1. The minimum Gasteiger partial charge on any atom is -0.497 e. The second kappa shape index (κ2) is 5.73. The fraction of sp³-hybridized carbons (Fsp3) is 0.462. The van der Waals surface area contributed by atoms with Crippen LogP contribution in [-0.2, 0) is 4.74 Å². The Balaban J connectivity index is 2.05. The highest BCUT2D eigenvalue weighted by molar-refractivity contribution is 5.95. The smallest absolute Gasteiger partial charge is 0.123 e. The van der Waals surface area contributed by atoms with Gasteiger partial charge in [0.15, 0.2) is 0 Å². The summed E-state index contributed by atoms with van der Waals surface area (Å²) in [5, 5.41) is 7.45. The summed E-state index contributed by atoms with van der Waals surface area (Å²) in [5.41, 5.74) is 6.08. The van der Waals surface area contributed by atoms with Gasteiger partial charge < -0.3 is 19.9 Å². The molecule has 5 nitrogen and oxygen atoms in total. The molecule has 98 valence electrons. The zero-order chi connectivity index (χ0) is 13.0. The Morgan fingerprint density at radius 3 is 2.83 bits per heavy atom. The molecule has 1 aromatic carbocycles. The van der Waals surface area contributed by atoms with E-state index in [0.717, 1.165) is 19.6 Å². The van der Waals surface area contributed by atoms with Gasteiger partial charge >= 0.3 is 0 Å². The molecule has 1 heterocycles. The first kappa shape index (κ1) is 12.7. The van der Waals surface area contributed by atoms with Gasteiger partial charge in [-0.15, -0.1) is 0 Å². The van der Waals surface area contributed by atoms with E-state index in [1.54, 1.807) is 25.3 Å². The topological polar surface area (TPSA) is 77.6 Å². The maximum absolute atomic E-state index is 7.45. The van der Waals surface area contributed by atoms with E-state index in [4.69, 9.17) is 25.4 Å². The number of benzene rings is 1. The Morgan fingerprint density at radius 1 is 1.44 bits per heavy atom. The Labute approximate surface area is 106 Å². The molecule has 0 aromatic heterocycles. The Hall–Kier alpha value is -1.75. The van der Waals surface area contributed by atoms with Crippen molar-refractivity contribution < 1.29 is 14.2 Å². The van der Waals surface area contributed by atoms with Gasteiger partial charge in [0.1, 0.15) is 17.3 Å². The number of ether oxygens (including phenoxy) is 3. The lowest BCUT2D eigenvalue weighted by molar-refractivity contribution is 0.167. The Kier molecular flexibility index (Phi) is 4.04. The van der Waals surface area contributed by atoms with Crippen molar-refractivity contribution in [1.82, 2.24) is 0 Å². The molecule has 1 atom stereocenters. The number of nitrogens with two attached hydrogens (primary N) is 1. The van der Waals surface area contributed by atoms with E-state index < -0.39 is 0 Å². The molecule has 1 aromatic rings. The molecule has 1 fully saturated rings. The lowest BCUT2D eigenvalue weighted by Gasteiger charge is -2.12. The molecule has 5 heteroatoms. The number of nitrogens with one attached hydrogen (secondary N) is 1. The molecule has 1 saturated heterocycles. The molecule has 3 N–H and O–H groups in total. The van der Waals surface area contributed by atoms with E-state index in [1.165, 1.54) is 0 Å². The highest BCUT2D eigenvalue weighted by Gasteiger charge is 2.16. The average Bonchev–Trinajstić information content (AvgIpc) is 2.89. The highest BCUT2D eigenvalue weighted by atomic mass is 16.5. The summed E-state index contributed by atoms with van der Waals surface area (Å²) in [4.78, 5) is 0. The van der Waals surface area contributed by atoms with Crippen LogP contribution in [-0.4, -0.2) is 32.8 Å².